The van der Waals surface area contributed by atoms with E-state index in [1.165, 1.54) is 16.5 Å². The third-order valence-corrected chi connectivity index (χ3v) is 3.11. The molecule has 0 aliphatic rings. The molecule has 17 heavy (non-hydrogen) atoms. The van der Waals surface area contributed by atoms with Gasteiger partial charge in [0.15, 0.2) is 0 Å². The lowest BCUT2D eigenvalue weighted by Gasteiger charge is -2.09. The first kappa shape index (κ1) is 12.2. The first-order valence-electron chi connectivity index (χ1n) is 6.49. The average molecular weight is 230 g/mol. The van der Waals surface area contributed by atoms with E-state index >= 15 is 0 Å². The number of hydrogen-bond acceptors (Lipinski definition) is 1. The summed E-state index contributed by atoms with van der Waals surface area (Å²) in [5.41, 5.74) is 2.74. The van der Waals surface area contributed by atoms with Crippen molar-refractivity contribution in [1.29, 1.82) is 0 Å². The minimum absolute atomic E-state index is 0.703. The van der Waals surface area contributed by atoms with Gasteiger partial charge in [-0.05, 0) is 37.1 Å². The van der Waals surface area contributed by atoms with Gasteiger partial charge in [-0.2, -0.15) is 0 Å². The topological polar surface area (TPSA) is 17.0 Å². The largest absolute Gasteiger partial charge is 0.348 e. The molecule has 0 radical (unpaired) electrons. The molecule has 2 rings (SSSR count). The van der Waals surface area contributed by atoms with Crippen LogP contribution < -0.4 is 5.32 Å². The molecule has 2 nitrogen and oxygen atoms in total. The fourth-order valence-electron chi connectivity index (χ4n) is 2.21. The number of nitrogens with one attached hydrogen (secondary N) is 1. The molecule has 0 aliphatic heterocycles. The maximum absolute atomic E-state index is 3.51. The summed E-state index contributed by atoms with van der Waals surface area (Å²) in [5.74, 6) is 0.703. The van der Waals surface area contributed by atoms with Crippen molar-refractivity contribution in [2.24, 2.45) is 5.92 Å². The van der Waals surface area contributed by atoms with Crippen LogP contribution in [0.3, 0.4) is 0 Å². The van der Waals surface area contributed by atoms with Crippen LogP contribution in [0.25, 0.3) is 10.9 Å². The number of aryl methyl sites for hydroxylation is 1. The predicted molar refractivity (Wildman–Crippen MR) is 74.2 cm³/mol. The second-order valence-electron chi connectivity index (χ2n) is 4.98. The van der Waals surface area contributed by atoms with Crippen molar-refractivity contribution in [3.8, 4) is 0 Å². The fourth-order valence-corrected chi connectivity index (χ4v) is 2.21. The minimum Gasteiger partial charge on any atom is -0.348 e. The zero-order valence-electron chi connectivity index (χ0n) is 11.0. The molecule has 0 aliphatic carbocycles. The Bertz CT molecular complexity index is 483. The molecule has 1 aromatic carbocycles. The summed E-state index contributed by atoms with van der Waals surface area (Å²) in [6.07, 6.45) is 2.18. The maximum Gasteiger partial charge on any atom is 0.0483 e. The van der Waals surface area contributed by atoms with E-state index < -0.39 is 0 Å². The molecule has 0 amide bonds. The summed E-state index contributed by atoms with van der Waals surface area (Å²) < 4.78 is 2.29. The highest BCUT2D eigenvalue weighted by atomic mass is 14.9. The van der Waals surface area contributed by atoms with Crippen LogP contribution in [-0.4, -0.2) is 11.1 Å². The zero-order chi connectivity index (χ0) is 12.3. The van der Waals surface area contributed by atoms with Crippen LogP contribution in [0.4, 0.5) is 0 Å². The summed E-state index contributed by atoms with van der Waals surface area (Å²) >= 11 is 0. The van der Waals surface area contributed by atoms with E-state index in [2.05, 4.69) is 61.1 Å². The third-order valence-electron chi connectivity index (χ3n) is 3.11. The van der Waals surface area contributed by atoms with E-state index in [1.54, 1.807) is 0 Å². The van der Waals surface area contributed by atoms with E-state index in [-0.39, 0.29) is 0 Å². The molecular formula is C15H22N2. The molecule has 0 spiro atoms. The maximum atomic E-state index is 3.51. The van der Waals surface area contributed by atoms with Gasteiger partial charge in [0.1, 0.15) is 0 Å². The van der Waals surface area contributed by atoms with Crippen LogP contribution in [0, 0.1) is 5.92 Å². The van der Waals surface area contributed by atoms with Gasteiger partial charge in [0.25, 0.3) is 0 Å². The van der Waals surface area contributed by atoms with Gasteiger partial charge in [0, 0.05) is 30.2 Å². The van der Waals surface area contributed by atoms with Crippen molar-refractivity contribution in [2.75, 3.05) is 6.54 Å². The Morgan fingerprint density at radius 2 is 2.06 bits per heavy atom. The van der Waals surface area contributed by atoms with Gasteiger partial charge < -0.3 is 9.88 Å². The summed E-state index contributed by atoms with van der Waals surface area (Å²) in [5, 5.41) is 4.89. The molecule has 0 fully saturated rings. The summed E-state index contributed by atoms with van der Waals surface area (Å²) in [6, 6.07) is 8.80. The molecule has 0 unspecified atom stereocenters. The van der Waals surface area contributed by atoms with E-state index in [0.29, 0.717) is 5.92 Å². The fraction of sp³-hybridized carbons (Fsp3) is 0.467. The number of nitrogens with zero attached hydrogens (tertiary/aromatic N) is 1. The van der Waals surface area contributed by atoms with Gasteiger partial charge >= 0.3 is 0 Å². The second kappa shape index (κ2) is 5.37. The molecule has 1 N–H and O–H groups in total. The molecule has 2 heteroatoms. The first-order valence-corrected chi connectivity index (χ1v) is 6.49. The van der Waals surface area contributed by atoms with Crippen molar-refractivity contribution < 1.29 is 0 Å². The van der Waals surface area contributed by atoms with Crippen LogP contribution >= 0.6 is 0 Å². The van der Waals surface area contributed by atoms with Crippen molar-refractivity contribution in [2.45, 2.75) is 33.9 Å². The van der Waals surface area contributed by atoms with Crippen LogP contribution in [0.15, 0.2) is 30.5 Å². The highest BCUT2D eigenvalue weighted by Gasteiger charge is 2.04. The number of benzene rings is 1. The SMILES string of the molecule is CCn1ccc2c(CNCC(C)C)cccc21. The Balaban J connectivity index is 2.19. The molecule has 2 aromatic rings. The molecule has 0 atom stereocenters. The number of rotatable bonds is 5. The molecule has 1 aromatic heterocycles. The summed E-state index contributed by atoms with van der Waals surface area (Å²) in [6.45, 7) is 9.73. The van der Waals surface area contributed by atoms with Crippen LogP contribution in [-0.2, 0) is 13.1 Å². The minimum atomic E-state index is 0.703. The van der Waals surface area contributed by atoms with Gasteiger partial charge in [-0.25, -0.2) is 0 Å². The van der Waals surface area contributed by atoms with Gasteiger partial charge in [-0.3, -0.25) is 0 Å². The Morgan fingerprint density at radius 1 is 1.24 bits per heavy atom. The number of hydrogen-bond donors (Lipinski definition) is 1. The molecule has 0 saturated heterocycles. The quantitative estimate of drug-likeness (QED) is 0.833. The molecule has 0 bridgehead atoms. The Labute approximate surface area is 104 Å². The lowest BCUT2D eigenvalue weighted by Crippen LogP contribution is -2.19. The number of aromatic nitrogens is 1. The summed E-state index contributed by atoms with van der Waals surface area (Å²) in [4.78, 5) is 0. The zero-order valence-corrected chi connectivity index (χ0v) is 11.0. The van der Waals surface area contributed by atoms with Gasteiger partial charge in [0.2, 0.25) is 0 Å². The van der Waals surface area contributed by atoms with Crippen LogP contribution in [0.2, 0.25) is 0 Å². The van der Waals surface area contributed by atoms with E-state index in [9.17, 15) is 0 Å². The molecule has 92 valence electrons. The van der Waals surface area contributed by atoms with Crippen molar-refractivity contribution >= 4 is 10.9 Å². The lowest BCUT2D eigenvalue weighted by molar-refractivity contribution is 0.553. The van der Waals surface area contributed by atoms with Gasteiger partial charge in [-0.15, -0.1) is 0 Å². The van der Waals surface area contributed by atoms with E-state index in [4.69, 9.17) is 0 Å². The number of fused-ring (bicyclic) bond motifs is 1. The second-order valence-corrected chi connectivity index (χ2v) is 4.98. The first-order chi connectivity index (χ1) is 8.22. The summed E-state index contributed by atoms with van der Waals surface area (Å²) in [7, 11) is 0. The molecular weight excluding hydrogens is 208 g/mol. The smallest absolute Gasteiger partial charge is 0.0483 e. The van der Waals surface area contributed by atoms with Crippen molar-refractivity contribution in [3.05, 3.63) is 36.0 Å². The predicted octanol–water partition coefficient (Wildman–Crippen LogP) is 3.41. The van der Waals surface area contributed by atoms with Gasteiger partial charge in [0.05, 0.1) is 0 Å². The van der Waals surface area contributed by atoms with Crippen molar-refractivity contribution in [1.82, 2.24) is 9.88 Å². The van der Waals surface area contributed by atoms with E-state index in [1.807, 2.05) is 0 Å². The van der Waals surface area contributed by atoms with Crippen LogP contribution in [0.1, 0.15) is 26.3 Å². The Kier molecular flexibility index (Phi) is 3.85. The lowest BCUT2D eigenvalue weighted by atomic mass is 10.1. The van der Waals surface area contributed by atoms with E-state index in [0.717, 1.165) is 19.6 Å². The third kappa shape index (κ3) is 2.70. The Hall–Kier alpha value is -1.28. The standard InChI is InChI=1S/C15H22N2/c1-4-17-9-8-14-13(6-5-7-15(14)17)11-16-10-12(2)3/h5-9,12,16H,4,10-11H2,1-3H3. The van der Waals surface area contributed by atoms with Crippen LogP contribution in [0.5, 0.6) is 0 Å². The van der Waals surface area contributed by atoms with Gasteiger partial charge in [-0.1, -0.05) is 26.0 Å². The highest BCUT2D eigenvalue weighted by molar-refractivity contribution is 5.83. The highest BCUT2D eigenvalue weighted by Crippen LogP contribution is 2.20. The monoisotopic (exact) mass is 230 g/mol. The average Bonchev–Trinajstić information content (AvgIpc) is 2.72. The Morgan fingerprint density at radius 3 is 2.76 bits per heavy atom. The van der Waals surface area contributed by atoms with Crippen molar-refractivity contribution in [3.63, 3.8) is 0 Å². The normalized spacial score (nSPS) is 11.5. The molecule has 1 heterocycles. The molecule has 0 saturated carbocycles.